The van der Waals surface area contributed by atoms with E-state index >= 15 is 0 Å². The van der Waals surface area contributed by atoms with E-state index in [2.05, 4.69) is 5.32 Å². The molecule has 0 heterocycles. The van der Waals surface area contributed by atoms with Crippen LogP contribution in [0.2, 0.25) is 0 Å². The minimum Gasteiger partial charge on any atom is -0.496 e. The average Bonchev–Trinajstić information content (AvgIpc) is 3.44. The van der Waals surface area contributed by atoms with Gasteiger partial charge < -0.3 is 15.2 Å². The van der Waals surface area contributed by atoms with Crippen molar-refractivity contribution >= 4 is 11.9 Å². The van der Waals surface area contributed by atoms with Gasteiger partial charge in [0.15, 0.2) is 0 Å². The molecule has 0 aliphatic heterocycles. The summed E-state index contributed by atoms with van der Waals surface area (Å²) in [5, 5.41) is 11.9. The number of ether oxygens (including phenoxy) is 1. The molecule has 5 heteroatoms. The van der Waals surface area contributed by atoms with Gasteiger partial charge in [-0.25, -0.2) is 4.79 Å². The lowest BCUT2D eigenvalue weighted by atomic mass is 9.94. The molecule has 0 bridgehead atoms. The number of carboxylic acid groups (broad SMARTS) is 1. The SMILES string of the molecule is COc1ccccc1C1(C(=O)NCCc2ccc(C(=O)O)cc2)CC1. The van der Waals surface area contributed by atoms with E-state index in [1.165, 1.54) is 0 Å². The number of nitrogens with one attached hydrogen (secondary N) is 1. The summed E-state index contributed by atoms with van der Waals surface area (Å²) in [5.74, 6) is -0.161. The summed E-state index contributed by atoms with van der Waals surface area (Å²) in [6.45, 7) is 0.516. The number of carbonyl (C=O) groups is 2. The van der Waals surface area contributed by atoms with Gasteiger partial charge in [0.1, 0.15) is 5.75 Å². The number of hydrogen-bond acceptors (Lipinski definition) is 3. The third-order valence-corrected chi connectivity index (χ3v) is 4.71. The van der Waals surface area contributed by atoms with Crippen LogP contribution in [0.15, 0.2) is 48.5 Å². The summed E-state index contributed by atoms with van der Waals surface area (Å²) < 4.78 is 5.40. The van der Waals surface area contributed by atoms with Gasteiger partial charge >= 0.3 is 5.97 Å². The summed E-state index contributed by atoms with van der Waals surface area (Å²) in [5.41, 5.74) is 1.73. The summed E-state index contributed by atoms with van der Waals surface area (Å²) in [6, 6.07) is 14.4. The van der Waals surface area contributed by atoms with E-state index in [0.717, 1.165) is 29.7 Å². The number of hydrogen-bond donors (Lipinski definition) is 2. The monoisotopic (exact) mass is 339 g/mol. The van der Waals surface area contributed by atoms with Crippen LogP contribution in [0.4, 0.5) is 0 Å². The molecule has 0 saturated heterocycles. The number of aromatic carboxylic acids is 1. The largest absolute Gasteiger partial charge is 0.496 e. The molecule has 1 amide bonds. The highest BCUT2D eigenvalue weighted by atomic mass is 16.5. The Kier molecular flexibility index (Phi) is 4.74. The fourth-order valence-electron chi connectivity index (χ4n) is 3.09. The molecule has 1 fully saturated rings. The molecule has 1 aliphatic carbocycles. The van der Waals surface area contributed by atoms with E-state index in [0.29, 0.717) is 13.0 Å². The zero-order valence-electron chi connectivity index (χ0n) is 14.1. The molecule has 2 aromatic rings. The Balaban J connectivity index is 1.60. The van der Waals surface area contributed by atoms with Crippen LogP contribution in [0.5, 0.6) is 5.75 Å². The molecule has 0 aromatic heterocycles. The number of methoxy groups -OCH3 is 1. The van der Waals surface area contributed by atoms with Gasteiger partial charge in [-0.2, -0.15) is 0 Å². The molecule has 0 radical (unpaired) electrons. The molecule has 1 aliphatic rings. The van der Waals surface area contributed by atoms with Crippen molar-refractivity contribution in [2.45, 2.75) is 24.7 Å². The lowest BCUT2D eigenvalue weighted by molar-refractivity contribution is -0.123. The van der Waals surface area contributed by atoms with E-state index in [-0.39, 0.29) is 11.5 Å². The Morgan fingerprint density at radius 3 is 2.40 bits per heavy atom. The van der Waals surface area contributed by atoms with Crippen molar-refractivity contribution in [1.82, 2.24) is 5.32 Å². The molecule has 0 atom stereocenters. The van der Waals surface area contributed by atoms with E-state index < -0.39 is 11.4 Å². The van der Waals surface area contributed by atoms with Crippen molar-refractivity contribution in [3.05, 3.63) is 65.2 Å². The maximum absolute atomic E-state index is 12.7. The van der Waals surface area contributed by atoms with Gasteiger partial charge in [-0.15, -0.1) is 0 Å². The standard InChI is InChI=1S/C20H21NO4/c1-25-17-5-3-2-4-16(17)20(11-12-20)19(24)21-13-10-14-6-8-15(9-7-14)18(22)23/h2-9H,10-13H2,1H3,(H,21,24)(H,22,23). The van der Waals surface area contributed by atoms with E-state index in [9.17, 15) is 9.59 Å². The summed E-state index contributed by atoms with van der Waals surface area (Å²) in [6.07, 6.45) is 2.31. The van der Waals surface area contributed by atoms with Gasteiger partial charge in [-0.05, 0) is 43.0 Å². The van der Waals surface area contributed by atoms with Crippen molar-refractivity contribution in [3.8, 4) is 5.75 Å². The average molecular weight is 339 g/mol. The quantitative estimate of drug-likeness (QED) is 0.813. The molecule has 2 N–H and O–H groups in total. The maximum Gasteiger partial charge on any atom is 0.335 e. The van der Waals surface area contributed by atoms with Crippen molar-refractivity contribution in [2.75, 3.05) is 13.7 Å². The molecule has 2 aromatic carbocycles. The zero-order valence-corrected chi connectivity index (χ0v) is 14.1. The van der Waals surface area contributed by atoms with Crippen molar-refractivity contribution < 1.29 is 19.4 Å². The van der Waals surface area contributed by atoms with Crippen LogP contribution in [0.3, 0.4) is 0 Å². The Morgan fingerprint density at radius 1 is 1.12 bits per heavy atom. The van der Waals surface area contributed by atoms with E-state index in [1.807, 2.05) is 24.3 Å². The number of benzene rings is 2. The molecule has 0 unspecified atom stereocenters. The second-order valence-electron chi connectivity index (χ2n) is 6.29. The molecule has 1 saturated carbocycles. The van der Waals surface area contributed by atoms with Crippen molar-refractivity contribution in [2.24, 2.45) is 0 Å². The molecule has 130 valence electrons. The summed E-state index contributed by atoms with van der Waals surface area (Å²) in [4.78, 5) is 23.5. The normalized spacial score (nSPS) is 14.6. The predicted octanol–water partition coefficient (Wildman–Crippen LogP) is 2.78. The number of carbonyl (C=O) groups excluding carboxylic acids is 1. The molecule has 0 spiro atoms. The van der Waals surface area contributed by atoms with Crippen LogP contribution in [-0.2, 0) is 16.6 Å². The maximum atomic E-state index is 12.7. The number of para-hydroxylation sites is 1. The minimum absolute atomic E-state index is 0.0270. The predicted molar refractivity (Wildman–Crippen MR) is 94.0 cm³/mol. The molecule has 5 nitrogen and oxygen atoms in total. The third kappa shape index (κ3) is 3.50. The van der Waals surface area contributed by atoms with Gasteiger partial charge in [0.2, 0.25) is 5.91 Å². The number of carboxylic acids is 1. The highest BCUT2D eigenvalue weighted by Gasteiger charge is 2.52. The second-order valence-corrected chi connectivity index (χ2v) is 6.29. The third-order valence-electron chi connectivity index (χ3n) is 4.71. The first-order valence-electron chi connectivity index (χ1n) is 8.31. The van der Waals surface area contributed by atoms with Gasteiger partial charge in [0.05, 0.1) is 18.1 Å². The lowest BCUT2D eigenvalue weighted by Crippen LogP contribution is -2.36. The summed E-state index contributed by atoms with van der Waals surface area (Å²) in [7, 11) is 1.62. The Labute approximate surface area is 146 Å². The Hall–Kier alpha value is -2.82. The fraction of sp³-hybridized carbons (Fsp3) is 0.300. The van der Waals surface area contributed by atoms with E-state index in [4.69, 9.17) is 9.84 Å². The first kappa shape index (κ1) is 17.0. The Bertz CT molecular complexity index is 779. The number of amides is 1. The van der Waals surface area contributed by atoms with E-state index in [1.54, 1.807) is 31.4 Å². The van der Waals surface area contributed by atoms with Crippen LogP contribution in [-0.4, -0.2) is 30.6 Å². The fourth-order valence-corrected chi connectivity index (χ4v) is 3.09. The van der Waals surface area contributed by atoms with Crippen molar-refractivity contribution in [3.63, 3.8) is 0 Å². The molecule has 3 rings (SSSR count). The molecular weight excluding hydrogens is 318 g/mol. The van der Waals surface area contributed by atoms with Crippen LogP contribution in [0.25, 0.3) is 0 Å². The van der Waals surface area contributed by atoms with Gasteiger partial charge in [0.25, 0.3) is 0 Å². The zero-order chi connectivity index (χ0) is 17.9. The highest BCUT2D eigenvalue weighted by molar-refractivity contribution is 5.92. The number of rotatable bonds is 7. The highest BCUT2D eigenvalue weighted by Crippen LogP contribution is 2.51. The topological polar surface area (TPSA) is 75.6 Å². The second kappa shape index (κ2) is 6.97. The first-order chi connectivity index (χ1) is 12.1. The van der Waals surface area contributed by atoms with Crippen LogP contribution < -0.4 is 10.1 Å². The first-order valence-corrected chi connectivity index (χ1v) is 8.31. The van der Waals surface area contributed by atoms with Crippen molar-refractivity contribution in [1.29, 1.82) is 0 Å². The minimum atomic E-state index is -0.938. The molecule has 25 heavy (non-hydrogen) atoms. The van der Waals surface area contributed by atoms with Crippen LogP contribution >= 0.6 is 0 Å². The van der Waals surface area contributed by atoms with Crippen LogP contribution in [0, 0.1) is 0 Å². The smallest absolute Gasteiger partial charge is 0.335 e. The Morgan fingerprint density at radius 2 is 1.80 bits per heavy atom. The van der Waals surface area contributed by atoms with Crippen LogP contribution in [0.1, 0.15) is 34.3 Å². The summed E-state index contributed by atoms with van der Waals surface area (Å²) >= 11 is 0. The van der Waals surface area contributed by atoms with Gasteiger partial charge in [0, 0.05) is 12.1 Å². The van der Waals surface area contributed by atoms with Gasteiger partial charge in [-0.1, -0.05) is 30.3 Å². The molecular formula is C20H21NO4. The van der Waals surface area contributed by atoms with Gasteiger partial charge in [-0.3, -0.25) is 4.79 Å². The lowest BCUT2D eigenvalue weighted by Gasteiger charge is -2.18.